The lowest BCUT2D eigenvalue weighted by Gasteiger charge is -2.44. The van der Waals surface area contributed by atoms with Crippen molar-refractivity contribution < 1.29 is 23.1 Å². The van der Waals surface area contributed by atoms with Crippen LogP contribution in [0.3, 0.4) is 0 Å². The minimum Gasteiger partial charge on any atom is -0.508 e. The molecule has 5 rings (SSSR count). The molecule has 8 nitrogen and oxygen atoms in total. The number of nitrogens with two attached hydrogens (primary N) is 1. The summed E-state index contributed by atoms with van der Waals surface area (Å²) in [5.41, 5.74) is 7.80. The van der Waals surface area contributed by atoms with Crippen molar-refractivity contribution in [2.75, 3.05) is 37.8 Å². The molecule has 9 heteroatoms. The van der Waals surface area contributed by atoms with Gasteiger partial charge in [0.05, 0.1) is 10.2 Å². The minimum absolute atomic E-state index is 0.0170. The first kappa shape index (κ1) is 23.1. The van der Waals surface area contributed by atoms with Crippen molar-refractivity contribution in [3.8, 4) is 11.5 Å². The average Bonchev–Trinajstić information content (AvgIpc) is 3.03. The summed E-state index contributed by atoms with van der Waals surface area (Å²) in [6.45, 7) is 2.76. The number of carbonyl (C=O) groups is 1. The van der Waals surface area contributed by atoms with E-state index in [0.29, 0.717) is 38.0 Å². The highest BCUT2D eigenvalue weighted by Gasteiger charge is 2.52. The normalized spacial score (nSPS) is 26.1. The van der Waals surface area contributed by atoms with Crippen LogP contribution in [0.2, 0.25) is 0 Å². The second-order valence-electron chi connectivity index (χ2n) is 9.92. The predicted octanol–water partition coefficient (Wildman–Crippen LogP) is 2.12. The van der Waals surface area contributed by atoms with Gasteiger partial charge in [0.25, 0.3) is 0 Å². The van der Waals surface area contributed by atoms with E-state index in [9.17, 15) is 18.3 Å². The third-order valence-corrected chi connectivity index (χ3v) is 9.85. The smallest absolute Gasteiger partial charge is 0.235 e. The van der Waals surface area contributed by atoms with Crippen molar-refractivity contribution in [1.82, 2.24) is 4.90 Å². The Morgan fingerprint density at radius 1 is 1.15 bits per heavy atom. The number of phenolic OH excluding ortho intramolecular Hbond substituents is 1. The Hall–Kier alpha value is -2.62. The molecule has 2 aromatic rings. The van der Waals surface area contributed by atoms with Crippen LogP contribution in [-0.4, -0.2) is 62.9 Å². The first-order chi connectivity index (χ1) is 16.1. The van der Waals surface area contributed by atoms with E-state index in [2.05, 4.69) is 10.2 Å². The summed E-state index contributed by atoms with van der Waals surface area (Å²) in [5, 5.41) is 12.9. The number of amides is 1. The molecule has 1 amide bonds. The molecule has 1 spiro atoms. The predicted molar refractivity (Wildman–Crippen MR) is 130 cm³/mol. The number of carbonyl (C=O) groups excluding carboxylic acids is 1. The summed E-state index contributed by atoms with van der Waals surface area (Å²) in [5.74, 6) is 0.895. The fourth-order valence-electron chi connectivity index (χ4n) is 5.74. The van der Waals surface area contributed by atoms with Crippen LogP contribution >= 0.6 is 0 Å². The highest BCUT2D eigenvalue weighted by Crippen LogP contribution is 2.48. The zero-order chi connectivity index (χ0) is 24.1. The van der Waals surface area contributed by atoms with E-state index >= 15 is 0 Å². The maximum atomic E-state index is 12.7. The first-order valence-corrected chi connectivity index (χ1v) is 13.6. The van der Waals surface area contributed by atoms with Crippen LogP contribution in [0.5, 0.6) is 11.5 Å². The van der Waals surface area contributed by atoms with E-state index in [-0.39, 0.29) is 17.7 Å². The van der Waals surface area contributed by atoms with Crippen molar-refractivity contribution >= 4 is 21.4 Å². The SMILES string of the molecule is CS(=O)(=O)C1(c2ccc(OCCN3CCC4(CC3)C(=O)Nc3ccc(O)cc34)cc2)CC(N)C1. The third kappa shape index (κ3) is 3.76. The summed E-state index contributed by atoms with van der Waals surface area (Å²) in [6.07, 6.45) is 3.57. The van der Waals surface area contributed by atoms with E-state index in [1.165, 1.54) is 6.26 Å². The van der Waals surface area contributed by atoms with Crippen molar-refractivity contribution in [2.45, 2.75) is 41.9 Å². The van der Waals surface area contributed by atoms with Crippen LogP contribution in [-0.2, 0) is 24.8 Å². The molecule has 0 aromatic heterocycles. The van der Waals surface area contributed by atoms with Gasteiger partial charge in [0.15, 0.2) is 9.84 Å². The molecule has 3 aliphatic rings. The van der Waals surface area contributed by atoms with Crippen LogP contribution in [0.4, 0.5) is 5.69 Å². The molecule has 0 radical (unpaired) electrons. The Morgan fingerprint density at radius 2 is 1.82 bits per heavy atom. The van der Waals surface area contributed by atoms with Gasteiger partial charge in [0.1, 0.15) is 18.1 Å². The Morgan fingerprint density at radius 3 is 2.44 bits per heavy atom. The Labute approximate surface area is 200 Å². The van der Waals surface area contributed by atoms with Crippen LogP contribution in [0.15, 0.2) is 42.5 Å². The van der Waals surface area contributed by atoms with Gasteiger partial charge in [0, 0.05) is 24.5 Å². The molecule has 182 valence electrons. The number of hydrogen-bond acceptors (Lipinski definition) is 7. The topological polar surface area (TPSA) is 122 Å². The lowest BCUT2D eigenvalue weighted by Crippen LogP contribution is -2.53. The number of nitrogens with zero attached hydrogens (tertiary/aromatic N) is 1. The van der Waals surface area contributed by atoms with Crippen molar-refractivity contribution in [3.63, 3.8) is 0 Å². The lowest BCUT2D eigenvalue weighted by molar-refractivity contribution is -0.122. The van der Waals surface area contributed by atoms with E-state index in [1.54, 1.807) is 18.2 Å². The summed E-state index contributed by atoms with van der Waals surface area (Å²) < 4.78 is 29.8. The number of likely N-dealkylation sites (tertiary alicyclic amines) is 1. The van der Waals surface area contributed by atoms with Crippen LogP contribution in [0, 0.1) is 0 Å². The number of fused-ring (bicyclic) bond motifs is 2. The number of phenols is 1. The zero-order valence-electron chi connectivity index (χ0n) is 19.3. The average molecular weight is 486 g/mol. The van der Waals surface area contributed by atoms with Gasteiger partial charge in [-0.2, -0.15) is 0 Å². The molecule has 0 bridgehead atoms. The summed E-state index contributed by atoms with van der Waals surface area (Å²) in [4.78, 5) is 15.0. The Bertz CT molecular complexity index is 1200. The highest BCUT2D eigenvalue weighted by atomic mass is 32.2. The fourth-order valence-corrected chi connectivity index (χ4v) is 7.34. The lowest BCUT2D eigenvalue weighted by atomic mass is 9.73. The number of hydrogen-bond donors (Lipinski definition) is 3. The van der Waals surface area contributed by atoms with E-state index in [1.807, 2.05) is 24.3 Å². The molecule has 4 N–H and O–H groups in total. The van der Waals surface area contributed by atoms with Crippen molar-refractivity contribution in [2.24, 2.45) is 5.73 Å². The number of sulfone groups is 1. The number of anilines is 1. The van der Waals surface area contributed by atoms with E-state index < -0.39 is 20.0 Å². The van der Waals surface area contributed by atoms with Crippen LogP contribution < -0.4 is 15.8 Å². The first-order valence-electron chi connectivity index (χ1n) is 11.7. The number of piperidine rings is 1. The largest absolute Gasteiger partial charge is 0.508 e. The van der Waals surface area contributed by atoms with Gasteiger partial charge < -0.3 is 20.9 Å². The van der Waals surface area contributed by atoms with Gasteiger partial charge in [0.2, 0.25) is 5.91 Å². The maximum Gasteiger partial charge on any atom is 0.235 e. The van der Waals surface area contributed by atoms with E-state index in [0.717, 1.165) is 36.4 Å². The Balaban J connectivity index is 1.16. The molecule has 2 aromatic carbocycles. The standard InChI is InChI=1S/C25H31N3O5S/c1-34(31,32)25(15-18(26)16-25)17-2-5-20(6-3-17)33-13-12-28-10-8-24(9-11-28)21-14-19(29)4-7-22(21)27-23(24)30/h2-7,14,18,29H,8-13,15-16,26H2,1H3,(H,27,30). The van der Waals surface area contributed by atoms with Crippen LogP contribution in [0.25, 0.3) is 0 Å². The van der Waals surface area contributed by atoms with Crippen LogP contribution in [0.1, 0.15) is 36.8 Å². The molecule has 1 saturated carbocycles. The molecule has 2 heterocycles. The zero-order valence-corrected chi connectivity index (χ0v) is 20.1. The van der Waals surface area contributed by atoms with Gasteiger partial charge in [-0.05, 0) is 80.2 Å². The third-order valence-electron chi connectivity index (χ3n) is 7.86. The van der Waals surface area contributed by atoms with Crippen molar-refractivity contribution in [1.29, 1.82) is 0 Å². The Kier molecular flexibility index (Phi) is 5.61. The molecule has 1 aliphatic carbocycles. The second-order valence-corrected chi connectivity index (χ2v) is 12.2. The number of rotatable bonds is 6. The molecule has 0 atom stereocenters. The number of ether oxygens (including phenoxy) is 1. The van der Waals surface area contributed by atoms with Gasteiger partial charge in [-0.3, -0.25) is 9.69 Å². The number of nitrogens with one attached hydrogen (secondary N) is 1. The van der Waals surface area contributed by atoms with Gasteiger partial charge in [-0.1, -0.05) is 12.1 Å². The molecule has 34 heavy (non-hydrogen) atoms. The molecule has 1 saturated heterocycles. The molecular formula is C25H31N3O5S. The monoisotopic (exact) mass is 485 g/mol. The summed E-state index contributed by atoms with van der Waals surface area (Å²) in [7, 11) is -3.26. The van der Waals surface area contributed by atoms with E-state index in [4.69, 9.17) is 10.5 Å². The van der Waals surface area contributed by atoms with Gasteiger partial charge in [-0.25, -0.2) is 8.42 Å². The summed E-state index contributed by atoms with van der Waals surface area (Å²) >= 11 is 0. The van der Waals surface area contributed by atoms with Gasteiger partial charge >= 0.3 is 0 Å². The van der Waals surface area contributed by atoms with Crippen molar-refractivity contribution in [3.05, 3.63) is 53.6 Å². The van der Waals surface area contributed by atoms with Gasteiger partial charge in [-0.15, -0.1) is 0 Å². The molecule has 2 aliphatic heterocycles. The minimum atomic E-state index is -3.26. The summed E-state index contributed by atoms with van der Waals surface area (Å²) in [6, 6.07) is 12.3. The number of aromatic hydroxyl groups is 1. The highest BCUT2D eigenvalue weighted by molar-refractivity contribution is 7.91. The second kappa shape index (κ2) is 8.25. The molecule has 2 fully saturated rings. The maximum absolute atomic E-state index is 12.7. The quantitative estimate of drug-likeness (QED) is 0.536. The fraction of sp³-hybridized carbons (Fsp3) is 0.480. The molecular weight excluding hydrogens is 454 g/mol. The number of benzene rings is 2. The molecule has 0 unspecified atom stereocenters.